The van der Waals surface area contributed by atoms with E-state index in [-0.39, 0.29) is 11.8 Å². The molecule has 1 unspecified atom stereocenters. The van der Waals surface area contributed by atoms with Gasteiger partial charge in [0.2, 0.25) is 11.8 Å². The van der Waals surface area contributed by atoms with Crippen LogP contribution in [0, 0.1) is 12.8 Å². The van der Waals surface area contributed by atoms with Gasteiger partial charge in [-0.1, -0.05) is 17.7 Å². The predicted molar refractivity (Wildman–Crippen MR) is 92.7 cm³/mol. The highest BCUT2D eigenvalue weighted by atomic mass is 35.5. The number of carbonyl (C=O) groups is 2. The van der Waals surface area contributed by atoms with E-state index in [1.165, 1.54) is 0 Å². The van der Waals surface area contributed by atoms with Crippen molar-refractivity contribution < 1.29 is 9.59 Å². The lowest BCUT2D eigenvalue weighted by molar-refractivity contribution is -0.132. The van der Waals surface area contributed by atoms with E-state index in [4.69, 9.17) is 11.6 Å². The van der Waals surface area contributed by atoms with Gasteiger partial charge in [0.1, 0.15) is 5.92 Å². The first kappa shape index (κ1) is 16.5. The molecule has 0 bridgehead atoms. The van der Waals surface area contributed by atoms with Gasteiger partial charge in [-0.15, -0.1) is 0 Å². The summed E-state index contributed by atoms with van der Waals surface area (Å²) in [6.07, 6.45) is 2.18. The molecule has 5 nitrogen and oxygen atoms in total. The second-order valence-corrected chi connectivity index (χ2v) is 6.21. The summed E-state index contributed by atoms with van der Waals surface area (Å²) in [6.45, 7) is 2.74. The zero-order valence-electron chi connectivity index (χ0n) is 13.3. The van der Waals surface area contributed by atoms with E-state index >= 15 is 0 Å². The molecule has 1 aliphatic heterocycles. The van der Waals surface area contributed by atoms with Crippen LogP contribution in [0.1, 0.15) is 17.7 Å². The number of nitrogens with zero attached hydrogens (tertiary/aromatic N) is 2. The van der Waals surface area contributed by atoms with Crippen molar-refractivity contribution in [3.63, 3.8) is 0 Å². The fraction of sp³-hybridized carbons (Fsp3) is 0.278. The number of rotatable bonds is 4. The highest BCUT2D eigenvalue weighted by Crippen LogP contribution is 2.28. The van der Waals surface area contributed by atoms with Gasteiger partial charge in [-0.2, -0.15) is 0 Å². The molecule has 1 atom stereocenters. The highest BCUT2D eigenvalue weighted by Gasteiger charge is 2.37. The first-order valence-electron chi connectivity index (χ1n) is 7.81. The van der Waals surface area contributed by atoms with Gasteiger partial charge in [0.05, 0.1) is 12.2 Å². The zero-order chi connectivity index (χ0) is 17.1. The summed E-state index contributed by atoms with van der Waals surface area (Å²) in [5.41, 5.74) is 2.45. The topological polar surface area (TPSA) is 62.3 Å². The van der Waals surface area contributed by atoms with E-state index in [2.05, 4.69) is 10.3 Å². The van der Waals surface area contributed by atoms with Crippen molar-refractivity contribution in [1.82, 2.24) is 10.3 Å². The fourth-order valence-corrected chi connectivity index (χ4v) is 2.90. The normalized spacial score (nSPS) is 17.2. The monoisotopic (exact) mass is 343 g/mol. The predicted octanol–water partition coefficient (Wildman–Crippen LogP) is 2.71. The third kappa shape index (κ3) is 3.41. The molecule has 1 aliphatic rings. The molecule has 0 radical (unpaired) electrons. The van der Waals surface area contributed by atoms with E-state index in [1.807, 2.05) is 31.2 Å². The number of anilines is 1. The number of aromatic nitrogens is 1. The minimum atomic E-state index is -0.648. The summed E-state index contributed by atoms with van der Waals surface area (Å²) >= 11 is 6.03. The average molecular weight is 344 g/mol. The number of aryl methyl sites for hydroxylation is 1. The molecule has 1 fully saturated rings. The molecule has 1 aromatic carbocycles. The van der Waals surface area contributed by atoms with Crippen molar-refractivity contribution in [2.45, 2.75) is 19.9 Å². The van der Waals surface area contributed by atoms with Crippen molar-refractivity contribution >= 4 is 29.1 Å². The molecule has 2 amide bonds. The van der Waals surface area contributed by atoms with Crippen LogP contribution in [0.25, 0.3) is 0 Å². The van der Waals surface area contributed by atoms with E-state index < -0.39 is 5.92 Å². The minimum absolute atomic E-state index is 0.171. The molecule has 2 heterocycles. The highest BCUT2D eigenvalue weighted by molar-refractivity contribution is 6.31. The summed E-state index contributed by atoms with van der Waals surface area (Å²) in [6, 6.07) is 11.0. The SMILES string of the molecule is Cc1cc(N2CCC(C(=O)NCc3ccccn3)C2=O)ccc1Cl. The number of pyridine rings is 1. The zero-order valence-corrected chi connectivity index (χ0v) is 14.1. The van der Waals surface area contributed by atoms with Gasteiger partial charge in [0, 0.05) is 23.5 Å². The standard InChI is InChI=1S/C18H18ClN3O2/c1-12-10-14(5-6-16(12)19)22-9-7-15(18(22)24)17(23)21-11-13-4-2-3-8-20-13/h2-6,8,10,15H,7,9,11H2,1H3,(H,21,23). The second kappa shape index (κ2) is 7.01. The Kier molecular flexibility index (Phi) is 4.81. The molecular formula is C18H18ClN3O2. The third-order valence-electron chi connectivity index (χ3n) is 4.15. The lowest BCUT2D eigenvalue weighted by atomic mass is 10.1. The number of amides is 2. The van der Waals surface area contributed by atoms with Crippen molar-refractivity contribution in [2.24, 2.45) is 5.92 Å². The van der Waals surface area contributed by atoms with Gasteiger partial charge < -0.3 is 10.2 Å². The van der Waals surface area contributed by atoms with E-state index in [9.17, 15) is 9.59 Å². The molecule has 1 saturated heterocycles. The van der Waals surface area contributed by atoms with Crippen LogP contribution in [0.5, 0.6) is 0 Å². The molecule has 124 valence electrons. The van der Waals surface area contributed by atoms with Gasteiger partial charge in [0.15, 0.2) is 0 Å². The molecule has 0 aliphatic carbocycles. The van der Waals surface area contributed by atoms with Crippen molar-refractivity contribution in [3.8, 4) is 0 Å². The summed E-state index contributed by atoms with van der Waals surface area (Å²) in [5.74, 6) is -1.07. The summed E-state index contributed by atoms with van der Waals surface area (Å²) in [5, 5.41) is 3.46. The number of hydrogen-bond acceptors (Lipinski definition) is 3. The number of nitrogens with one attached hydrogen (secondary N) is 1. The molecule has 0 spiro atoms. The molecule has 24 heavy (non-hydrogen) atoms. The molecule has 1 N–H and O–H groups in total. The number of benzene rings is 1. The molecular weight excluding hydrogens is 326 g/mol. The van der Waals surface area contributed by atoms with Crippen LogP contribution >= 0.6 is 11.6 Å². The maximum Gasteiger partial charge on any atom is 0.239 e. The number of hydrogen-bond donors (Lipinski definition) is 1. The Hall–Kier alpha value is -2.40. The van der Waals surface area contributed by atoms with Crippen LogP contribution in [-0.4, -0.2) is 23.3 Å². The minimum Gasteiger partial charge on any atom is -0.350 e. The largest absolute Gasteiger partial charge is 0.350 e. The van der Waals surface area contributed by atoms with E-state index in [0.717, 1.165) is 16.9 Å². The maximum atomic E-state index is 12.6. The Balaban J connectivity index is 1.65. The van der Waals surface area contributed by atoms with Gasteiger partial charge in [-0.05, 0) is 49.2 Å². The molecule has 0 saturated carbocycles. The van der Waals surface area contributed by atoms with Crippen molar-refractivity contribution in [1.29, 1.82) is 0 Å². The fourth-order valence-electron chi connectivity index (χ4n) is 2.78. The van der Waals surface area contributed by atoms with Crippen LogP contribution in [-0.2, 0) is 16.1 Å². The van der Waals surface area contributed by atoms with Gasteiger partial charge >= 0.3 is 0 Å². The lowest BCUT2D eigenvalue weighted by Crippen LogP contribution is -2.36. The average Bonchev–Trinajstić information content (AvgIpc) is 2.98. The summed E-state index contributed by atoms with van der Waals surface area (Å²) in [7, 11) is 0. The maximum absolute atomic E-state index is 12.6. The second-order valence-electron chi connectivity index (χ2n) is 5.80. The summed E-state index contributed by atoms with van der Waals surface area (Å²) < 4.78 is 0. The Labute approximate surface area is 145 Å². The Morgan fingerprint density at radius 1 is 1.38 bits per heavy atom. The van der Waals surface area contributed by atoms with E-state index in [1.54, 1.807) is 23.2 Å². The summed E-state index contributed by atoms with van der Waals surface area (Å²) in [4.78, 5) is 30.7. The third-order valence-corrected chi connectivity index (χ3v) is 4.57. The quantitative estimate of drug-likeness (QED) is 0.868. The lowest BCUT2D eigenvalue weighted by Gasteiger charge is -2.17. The van der Waals surface area contributed by atoms with Crippen molar-refractivity contribution in [2.75, 3.05) is 11.4 Å². The Morgan fingerprint density at radius 3 is 2.92 bits per heavy atom. The molecule has 2 aromatic rings. The number of halogens is 1. The molecule has 3 rings (SSSR count). The molecule has 6 heteroatoms. The van der Waals surface area contributed by atoms with Crippen LogP contribution in [0.2, 0.25) is 5.02 Å². The van der Waals surface area contributed by atoms with Gasteiger partial charge in [-0.3, -0.25) is 14.6 Å². The Bertz CT molecular complexity index is 764. The number of carbonyl (C=O) groups excluding carboxylic acids is 2. The van der Waals surface area contributed by atoms with Crippen LogP contribution < -0.4 is 10.2 Å². The van der Waals surface area contributed by atoms with Crippen LogP contribution in [0.4, 0.5) is 5.69 Å². The van der Waals surface area contributed by atoms with Crippen molar-refractivity contribution in [3.05, 3.63) is 58.9 Å². The first-order chi connectivity index (χ1) is 11.6. The first-order valence-corrected chi connectivity index (χ1v) is 8.19. The molecule has 1 aromatic heterocycles. The van der Waals surface area contributed by atoms with Gasteiger partial charge in [-0.25, -0.2) is 0 Å². The smallest absolute Gasteiger partial charge is 0.239 e. The van der Waals surface area contributed by atoms with Crippen LogP contribution in [0.3, 0.4) is 0 Å². The van der Waals surface area contributed by atoms with E-state index in [0.29, 0.717) is 24.5 Å². The van der Waals surface area contributed by atoms with Crippen LogP contribution in [0.15, 0.2) is 42.6 Å². The Morgan fingerprint density at radius 2 is 2.21 bits per heavy atom. The van der Waals surface area contributed by atoms with Gasteiger partial charge in [0.25, 0.3) is 0 Å².